The number of hydrogen-bond acceptors (Lipinski definition) is 7. The van der Waals surface area contributed by atoms with Crippen molar-refractivity contribution in [3.63, 3.8) is 0 Å². The Labute approximate surface area is 184 Å². The number of halogens is 2. The molecule has 4 rings (SSSR count). The fraction of sp³-hybridized carbons (Fsp3) is 0.571. The lowest BCUT2D eigenvalue weighted by Gasteiger charge is -2.31. The van der Waals surface area contributed by atoms with E-state index >= 15 is 0 Å². The molecule has 4 heterocycles. The molecular weight excluding hydrogens is 422 g/mol. The first kappa shape index (κ1) is 22.1. The first-order valence-corrected chi connectivity index (χ1v) is 10.7. The smallest absolute Gasteiger partial charge is 0.314 e. The number of alkyl halides is 2. The Kier molecular flexibility index (Phi) is 6.07. The Bertz CT molecular complexity index is 985. The maximum absolute atomic E-state index is 13.4. The van der Waals surface area contributed by atoms with Gasteiger partial charge in [0.05, 0.1) is 17.6 Å². The summed E-state index contributed by atoms with van der Waals surface area (Å²) < 4.78 is 33.5. The molecule has 1 amide bonds. The van der Waals surface area contributed by atoms with E-state index in [0.29, 0.717) is 38.4 Å². The Hall–Kier alpha value is -3.11. The van der Waals surface area contributed by atoms with Crippen LogP contribution in [0.4, 0.5) is 14.7 Å². The number of anilines is 1. The van der Waals surface area contributed by atoms with Crippen LogP contribution in [0.2, 0.25) is 0 Å². The molecule has 0 spiro atoms. The molecular formula is C21H26F2N6O3. The average molecular weight is 448 g/mol. The van der Waals surface area contributed by atoms with Crippen molar-refractivity contribution in [2.45, 2.75) is 26.2 Å². The van der Waals surface area contributed by atoms with Crippen molar-refractivity contribution in [1.82, 2.24) is 24.6 Å². The van der Waals surface area contributed by atoms with Crippen LogP contribution in [0.3, 0.4) is 0 Å². The molecule has 2 aromatic heterocycles. The number of hydrogen-bond donors (Lipinski definition) is 0. The van der Waals surface area contributed by atoms with Crippen molar-refractivity contribution in [3.8, 4) is 0 Å². The quantitative estimate of drug-likeness (QED) is 0.647. The number of nitrogens with zero attached hydrogens (tertiary/aromatic N) is 6. The zero-order valence-corrected chi connectivity index (χ0v) is 18.1. The fourth-order valence-electron chi connectivity index (χ4n) is 4.83. The Balaban J connectivity index is 1.64. The largest absolute Gasteiger partial charge is 0.466 e. The number of fused-ring (bicyclic) bond motifs is 1. The predicted octanol–water partition coefficient (Wildman–Crippen LogP) is 2.07. The van der Waals surface area contributed by atoms with Crippen molar-refractivity contribution in [3.05, 3.63) is 35.9 Å². The first-order chi connectivity index (χ1) is 15.4. The lowest BCUT2D eigenvalue weighted by atomic mass is 9.75. The fourth-order valence-corrected chi connectivity index (χ4v) is 4.83. The molecule has 0 saturated carbocycles. The van der Waals surface area contributed by atoms with E-state index in [1.807, 2.05) is 4.90 Å². The standard InChI is InChI=1S/C21H26F2N6O3/c1-3-32-19(31)21-6-4-9-28(18(30)15-12-27(2)26-16(15)17(22)23)10-14(21)11-29(13-21)20-24-7-5-8-25-20/h5,7-8,12,14,17H,3-4,6,9-11,13H2,1-2H3/t14-,21+/m0/s1. The highest BCUT2D eigenvalue weighted by Crippen LogP contribution is 2.44. The minimum absolute atomic E-state index is 0.104. The van der Waals surface area contributed by atoms with Crippen molar-refractivity contribution < 1.29 is 23.1 Å². The second-order valence-corrected chi connectivity index (χ2v) is 8.26. The van der Waals surface area contributed by atoms with Gasteiger partial charge in [-0.15, -0.1) is 0 Å². The van der Waals surface area contributed by atoms with Gasteiger partial charge in [-0.3, -0.25) is 14.3 Å². The van der Waals surface area contributed by atoms with Gasteiger partial charge in [-0.2, -0.15) is 5.10 Å². The molecule has 0 aliphatic carbocycles. The molecule has 2 atom stereocenters. The average Bonchev–Trinajstić information content (AvgIpc) is 3.30. The summed E-state index contributed by atoms with van der Waals surface area (Å²) >= 11 is 0. The molecule has 2 saturated heterocycles. The van der Waals surface area contributed by atoms with Crippen LogP contribution in [0.15, 0.2) is 24.7 Å². The van der Waals surface area contributed by atoms with Gasteiger partial charge in [-0.1, -0.05) is 0 Å². The van der Waals surface area contributed by atoms with Gasteiger partial charge in [0.25, 0.3) is 12.3 Å². The third-order valence-corrected chi connectivity index (χ3v) is 6.29. The van der Waals surface area contributed by atoms with Gasteiger partial charge in [-0.25, -0.2) is 18.7 Å². The van der Waals surface area contributed by atoms with E-state index in [4.69, 9.17) is 4.74 Å². The van der Waals surface area contributed by atoms with E-state index < -0.39 is 23.4 Å². The van der Waals surface area contributed by atoms with Gasteiger partial charge in [-0.05, 0) is 25.8 Å². The molecule has 32 heavy (non-hydrogen) atoms. The molecule has 2 aliphatic heterocycles. The SMILES string of the molecule is CCOC(=O)[C@@]12CCCN(C(=O)c3cn(C)nc3C(F)F)C[C@H]1CN(c1ncccn1)C2. The van der Waals surface area contributed by atoms with Crippen LogP contribution in [0.5, 0.6) is 0 Å². The molecule has 0 radical (unpaired) electrons. The number of likely N-dealkylation sites (tertiary alicyclic amines) is 1. The summed E-state index contributed by atoms with van der Waals surface area (Å²) in [5, 5.41) is 3.75. The number of rotatable bonds is 5. The summed E-state index contributed by atoms with van der Waals surface area (Å²) in [5.74, 6) is -0.535. The third kappa shape index (κ3) is 3.91. The number of aryl methyl sites for hydroxylation is 1. The van der Waals surface area contributed by atoms with Crippen LogP contribution >= 0.6 is 0 Å². The van der Waals surface area contributed by atoms with Crippen LogP contribution in [0.25, 0.3) is 0 Å². The topological polar surface area (TPSA) is 93.5 Å². The van der Waals surface area contributed by atoms with Crippen LogP contribution < -0.4 is 4.90 Å². The number of aromatic nitrogens is 4. The Morgan fingerprint density at radius 2 is 2.03 bits per heavy atom. The summed E-state index contributed by atoms with van der Waals surface area (Å²) in [6.07, 6.45) is 2.83. The summed E-state index contributed by atoms with van der Waals surface area (Å²) in [7, 11) is 1.51. The van der Waals surface area contributed by atoms with Crippen LogP contribution in [-0.4, -0.2) is 69.3 Å². The number of carbonyl (C=O) groups excluding carboxylic acids is 2. The molecule has 0 aromatic carbocycles. The highest BCUT2D eigenvalue weighted by Gasteiger charge is 2.55. The summed E-state index contributed by atoms with van der Waals surface area (Å²) in [6, 6.07) is 1.72. The first-order valence-electron chi connectivity index (χ1n) is 10.7. The lowest BCUT2D eigenvalue weighted by Crippen LogP contribution is -2.43. The lowest BCUT2D eigenvalue weighted by molar-refractivity contribution is -0.157. The van der Waals surface area contributed by atoms with Crippen LogP contribution in [-0.2, 0) is 16.6 Å². The zero-order valence-electron chi connectivity index (χ0n) is 18.1. The van der Waals surface area contributed by atoms with Gasteiger partial charge in [0.1, 0.15) is 5.69 Å². The molecule has 11 heteroatoms. The number of amides is 1. The summed E-state index contributed by atoms with van der Waals surface area (Å²) in [5.41, 5.74) is -1.44. The highest BCUT2D eigenvalue weighted by atomic mass is 19.3. The molecule has 0 unspecified atom stereocenters. The minimum atomic E-state index is -2.85. The van der Waals surface area contributed by atoms with Crippen LogP contribution in [0, 0.1) is 11.3 Å². The predicted molar refractivity (Wildman–Crippen MR) is 110 cm³/mol. The van der Waals surface area contributed by atoms with Gasteiger partial charge in [0.2, 0.25) is 5.95 Å². The second kappa shape index (κ2) is 8.79. The summed E-state index contributed by atoms with van der Waals surface area (Å²) in [6.45, 7) is 3.48. The van der Waals surface area contributed by atoms with Gasteiger partial charge >= 0.3 is 5.97 Å². The van der Waals surface area contributed by atoms with Crippen molar-refractivity contribution in [2.75, 3.05) is 37.7 Å². The summed E-state index contributed by atoms with van der Waals surface area (Å²) in [4.78, 5) is 38.4. The van der Waals surface area contributed by atoms with Crippen LogP contribution in [0.1, 0.15) is 42.2 Å². The van der Waals surface area contributed by atoms with Crippen molar-refractivity contribution >= 4 is 17.8 Å². The normalized spacial score (nSPS) is 23.2. The van der Waals surface area contributed by atoms with E-state index in [-0.39, 0.29) is 30.6 Å². The van der Waals surface area contributed by atoms with Gasteiger partial charge in [0.15, 0.2) is 0 Å². The molecule has 2 aromatic rings. The van der Waals surface area contributed by atoms with Gasteiger partial charge in [0, 0.05) is 57.7 Å². The third-order valence-electron chi connectivity index (χ3n) is 6.29. The van der Waals surface area contributed by atoms with Gasteiger partial charge < -0.3 is 14.5 Å². The molecule has 9 nitrogen and oxygen atoms in total. The number of ether oxygens (including phenoxy) is 1. The minimum Gasteiger partial charge on any atom is -0.466 e. The molecule has 0 bridgehead atoms. The van der Waals surface area contributed by atoms with E-state index in [9.17, 15) is 18.4 Å². The molecule has 0 N–H and O–H groups in total. The van der Waals surface area contributed by atoms with E-state index in [1.165, 1.54) is 17.9 Å². The maximum atomic E-state index is 13.4. The molecule has 2 fully saturated rings. The van der Waals surface area contributed by atoms with Crippen molar-refractivity contribution in [2.24, 2.45) is 18.4 Å². The van der Waals surface area contributed by atoms with E-state index in [0.717, 1.165) is 0 Å². The maximum Gasteiger partial charge on any atom is 0.314 e. The van der Waals surface area contributed by atoms with Crippen molar-refractivity contribution in [1.29, 1.82) is 0 Å². The number of carbonyl (C=O) groups is 2. The van der Waals surface area contributed by atoms with E-state index in [1.54, 1.807) is 30.3 Å². The monoisotopic (exact) mass is 448 g/mol. The molecule has 172 valence electrons. The second-order valence-electron chi connectivity index (χ2n) is 8.26. The highest BCUT2D eigenvalue weighted by molar-refractivity contribution is 5.95. The number of esters is 1. The molecule has 2 aliphatic rings. The zero-order chi connectivity index (χ0) is 22.9. The Morgan fingerprint density at radius 3 is 2.72 bits per heavy atom. The Morgan fingerprint density at radius 1 is 1.28 bits per heavy atom. The van der Waals surface area contributed by atoms with E-state index in [2.05, 4.69) is 15.1 Å².